The fraction of sp³-hybridized carbons (Fsp3) is 0.852. The van der Waals surface area contributed by atoms with Gasteiger partial charge in [-0.15, -0.1) is 0 Å². The van der Waals surface area contributed by atoms with E-state index >= 15 is 0 Å². The molecule has 0 aromatic carbocycles. The van der Waals surface area contributed by atoms with E-state index in [1.807, 2.05) is 0 Å². The lowest BCUT2D eigenvalue weighted by Gasteiger charge is -2.15. The summed E-state index contributed by atoms with van der Waals surface area (Å²) < 4.78 is 10.7. The molecule has 1 N–H and O–H groups in total. The van der Waals surface area contributed by atoms with Crippen molar-refractivity contribution in [2.45, 2.75) is 283 Å². The Balaban J connectivity index is 3.49. The summed E-state index contributed by atoms with van der Waals surface area (Å²) in [7, 11) is 0. The summed E-state index contributed by atoms with van der Waals surface area (Å²) in [6.07, 6.45) is 63.8. The van der Waals surface area contributed by atoms with Gasteiger partial charge in [-0.3, -0.25) is 9.59 Å². The van der Waals surface area contributed by atoms with Crippen LogP contribution in [-0.2, 0) is 19.1 Å². The maximum absolute atomic E-state index is 12.3. The van der Waals surface area contributed by atoms with Crippen LogP contribution >= 0.6 is 0 Å². The minimum Gasteiger partial charge on any atom is -0.462 e. The third-order valence-corrected chi connectivity index (χ3v) is 11.7. The summed E-state index contributed by atoms with van der Waals surface area (Å²) in [5, 5.41) is 9.63. The SMILES string of the molecule is CCCCCCC/C=C\C/C=C\C/C=C\CCCCCCCCCCC(=O)OC(CO)COC(=O)CCCCCCCCCCCCCCCCCCCCCCCC. The average molecular weight is 829 g/mol. The lowest BCUT2D eigenvalue weighted by Crippen LogP contribution is -2.28. The molecule has 346 valence electrons. The molecular formula is C54H100O5. The van der Waals surface area contributed by atoms with Crippen LogP contribution < -0.4 is 0 Å². The molecule has 0 aromatic heterocycles. The standard InChI is InChI=1S/C54H100O5/c1-3-5-7-9-11-13-15-17-19-21-23-25-27-29-31-33-35-37-39-41-43-45-47-49-54(57)59-52(50-55)51-58-53(56)48-46-44-42-40-38-36-34-32-30-28-26-24-22-20-18-16-14-12-10-8-6-4-2/h15,17,21,23,27,29,52,55H,3-14,16,18-20,22,24-26,28,30-51H2,1-2H3/b17-15-,23-21-,29-27-. The fourth-order valence-corrected chi connectivity index (χ4v) is 7.74. The van der Waals surface area contributed by atoms with Crippen molar-refractivity contribution in [2.75, 3.05) is 13.2 Å². The molecule has 0 saturated carbocycles. The predicted molar refractivity (Wildman–Crippen MR) is 256 cm³/mol. The average Bonchev–Trinajstić information content (AvgIpc) is 3.24. The normalized spacial score (nSPS) is 12.4. The summed E-state index contributed by atoms with van der Waals surface area (Å²) >= 11 is 0. The topological polar surface area (TPSA) is 72.8 Å². The summed E-state index contributed by atoms with van der Waals surface area (Å²) in [6, 6.07) is 0. The van der Waals surface area contributed by atoms with Crippen LogP contribution in [-0.4, -0.2) is 36.4 Å². The smallest absolute Gasteiger partial charge is 0.306 e. The maximum Gasteiger partial charge on any atom is 0.306 e. The van der Waals surface area contributed by atoms with Crippen LogP contribution in [0, 0.1) is 0 Å². The first kappa shape index (κ1) is 57.1. The Morgan fingerprint density at radius 1 is 0.390 bits per heavy atom. The van der Waals surface area contributed by atoms with Crippen molar-refractivity contribution in [3.63, 3.8) is 0 Å². The number of carbonyl (C=O) groups excluding carboxylic acids is 2. The number of carbonyl (C=O) groups is 2. The molecule has 0 spiro atoms. The van der Waals surface area contributed by atoms with Crippen LogP contribution in [0.15, 0.2) is 36.5 Å². The molecule has 0 amide bonds. The number of ether oxygens (including phenoxy) is 2. The number of unbranched alkanes of at least 4 members (excludes halogenated alkanes) is 34. The third kappa shape index (κ3) is 48.7. The maximum atomic E-state index is 12.3. The molecule has 0 bridgehead atoms. The van der Waals surface area contributed by atoms with E-state index in [0.717, 1.165) is 51.4 Å². The van der Waals surface area contributed by atoms with E-state index in [1.165, 1.54) is 199 Å². The van der Waals surface area contributed by atoms with Gasteiger partial charge in [-0.25, -0.2) is 0 Å². The van der Waals surface area contributed by atoms with E-state index in [-0.39, 0.29) is 25.2 Å². The number of rotatable bonds is 48. The van der Waals surface area contributed by atoms with Gasteiger partial charge in [0.05, 0.1) is 6.61 Å². The van der Waals surface area contributed by atoms with E-state index in [1.54, 1.807) is 0 Å². The largest absolute Gasteiger partial charge is 0.462 e. The van der Waals surface area contributed by atoms with Gasteiger partial charge in [-0.1, -0.05) is 249 Å². The highest BCUT2D eigenvalue weighted by Crippen LogP contribution is 2.16. The minimum absolute atomic E-state index is 0.0650. The van der Waals surface area contributed by atoms with Gasteiger partial charge in [-0.2, -0.15) is 0 Å². The number of aliphatic hydroxyl groups is 1. The van der Waals surface area contributed by atoms with E-state index in [4.69, 9.17) is 9.47 Å². The molecule has 0 aliphatic heterocycles. The highest BCUT2D eigenvalue weighted by atomic mass is 16.6. The molecule has 1 atom stereocenters. The highest BCUT2D eigenvalue weighted by Gasteiger charge is 2.16. The molecule has 0 aliphatic carbocycles. The van der Waals surface area contributed by atoms with Crippen molar-refractivity contribution in [3.8, 4) is 0 Å². The highest BCUT2D eigenvalue weighted by molar-refractivity contribution is 5.70. The summed E-state index contributed by atoms with van der Waals surface area (Å²) in [5.41, 5.74) is 0. The van der Waals surface area contributed by atoms with E-state index in [0.29, 0.717) is 12.8 Å². The van der Waals surface area contributed by atoms with Gasteiger partial charge in [0, 0.05) is 12.8 Å². The lowest BCUT2D eigenvalue weighted by molar-refractivity contribution is -0.161. The molecule has 0 aliphatic rings. The van der Waals surface area contributed by atoms with E-state index in [9.17, 15) is 14.7 Å². The second-order valence-corrected chi connectivity index (χ2v) is 17.6. The van der Waals surface area contributed by atoms with Gasteiger partial charge in [0.25, 0.3) is 0 Å². The minimum atomic E-state index is -0.774. The molecule has 59 heavy (non-hydrogen) atoms. The van der Waals surface area contributed by atoms with Crippen molar-refractivity contribution >= 4 is 11.9 Å². The Bertz CT molecular complexity index is 939. The summed E-state index contributed by atoms with van der Waals surface area (Å²) in [6.45, 7) is 4.16. The number of allylic oxidation sites excluding steroid dienone is 6. The Morgan fingerprint density at radius 2 is 0.678 bits per heavy atom. The number of hydrogen-bond donors (Lipinski definition) is 1. The first-order valence-electron chi connectivity index (χ1n) is 26.0. The summed E-state index contributed by atoms with van der Waals surface area (Å²) in [4.78, 5) is 24.5. The fourth-order valence-electron chi connectivity index (χ4n) is 7.74. The predicted octanol–water partition coefficient (Wildman–Crippen LogP) is 17.1. The van der Waals surface area contributed by atoms with Crippen LogP contribution in [0.5, 0.6) is 0 Å². The first-order chi connectivity index (χ1) is 29.1. The Hall–Kier alpha value is -1.88. The molecule has 0 heterocycles. The molecule has 5 nitrogen and oxygen atoms in total. The molecule has 0 fully saturated rings. The zero-order valence-corrected chi connectivity index (χ0v) is 39.5. The van der Waals surface area contributed by atoms with E-state index in [2.05, 4.69) is 50.3 Å². The van der Waals surface area contributed by atoms with Crippen molar-refractivity contribution in [3.05, 3.63) is 36.5 Å². The third-order valence-electron chi connectivity index (χ3n) is 11.7. The van der Waals surface area contributed by atoms with Crippen molar-refractivity contribution in [2.24, 2.45) is 0 Å². The molecule has 1 unspecified atom stereocenters. The van der Waals surface area contributed by atoms with Gasteiger partial charge < -0.3 is 14.6 Å². The second-order valence-electron chi connectivity index (χ2n) is 17.6. The zero-order valence-electron chi connectivity index (χ0n) is 39.5. The van der Waals surface area contributed by atoms with Crippen LogP contribution in [0.1, 0.15) is 277 Å². The Morgan fingerprint density at radius 3 is 1.02 bits per heavy atom. The van der Waals surface area contributed by atoms with Crippen LogP contribution in [0.3, 0.4) is 0 Å². The van der Waals surface area contributed by atoms with Gasteiger partial charge in [0.2, 0.25) is 0 Å². The van der Waals surface area contributed by atoms with Crippen LogP contribution in [0.2, 0.25) is 0 Å². The van der Waals surface area contributed by atoms with Crippen molar-refractivity contribution in [1.82, 2.24) is 0 Å². The van der Waals surface area contributed by atoms with Crippen LogP contribution in [0.25, 0.3) is 0 Å². The van der Waals surface area contributed by atoms with Gasteiger partial charge >= 0.3 is 11.9 Å². The molecule has 0 radical (unpaired) electrons. The lowest BCUT2D eigenvalue weighted by atomic mass is 10.0. The molecule has 0 saturated heterocycles. The quantitative estimate of drug-likeness (QED) is 0.0376. The number of hydrogen-bond acceptors (Lipinski definition) is 5. The molecule has 0 aromatic rings. The second kappa shape index (κ2) is 50.5. The Kier molecular flexibility index (Phi) is 48.9. The van der Waals surface area contributed by atoms with Gasteiger partial charge in [0.1, 0.15) is 6.61 Å². The van der Waals surface area contributed by atoms with Crippen molar-refractivity contribution in [1.29, 1.82) is 0 Å². The van der Waals surface area contributed by atoms with Crippen LogP contribution in [0.4, 0.5) is 0 Å². The first-order valence-corrected chi connectivity index (χ1v) is 26.0. The van der Waals surface area contributed by atoms with E-state index < -0.39 is 6.10 Å². The molecular weight excluding hydrogens is 729 g/mol. The zero-order chi connectivity index (χ0) is 42.8. The monoisotopic (exact) mass is 829 g/mol. The summed E-state index contributed by atoms with van der Waals surface area (Å²) in [5.74, 6) is -0.585. The Labute approximate surface area is 367 Å². The van der Waals surface area contributed by atoms with Gasteiger partial charge in [0.15, 0.2) is 6.10 Å². The molecule has 5 heteroatoms. The van der Waals surface area contributed by atoms with Crippen molar-refractivity contribution < 1.29 is 24.2 Å². The number of esters is 2. The van der Waals surface area contributed by atoms with Gasteiger partial charge in [-0.05, 0) is 51.4 Å². The number of aliphatic hydroxyl groups excluding tert-OH is 1. The molecule has 0 rings (SSSR count).